The number of sulfonamides is 1. The van der Waals surface area contributed by atoms with Gasteiger partial charge in [-0.15, -0.1) is 0 Å². The van der Waals surface area contributed by atoms with Crippen molar-refractivity contribution in [3.63, 3.8) is 0 Å². The van der Waals surface area contributed by atoms with Crippen molar-refractivity contribution in [1.29, 1.82) is 0 Å². The Hall–Kier alpha value is -1.44. The minimum Gasteiger partial charge on any atom is -0.465 e. The van der Waals surface area contributed by atoms with Gasteiger partial charge in [-0.1, -0.05) is 13.0 Å². The number of piperidine rings is 1. The van der Waals surface area contributed by atoms with Crippen molar-refractivity contribution in [3.8, 4) is 0 Å². The lowest BCUT2D eigenvalue weighted by Crippen LogP contribution is -2.35. The van der Waals surface area contributed by atoms with Crippen LogP contribution in [-0.4, -0.2) is 52.6 Å². The fourth-order valence-electron chi connectivity index (χ4n) is 2.98. The number of aryl methyl sites for hydroxylation is 1. The molecule has 0 unspecified atom stereocenters. The van der Waals surface area contributed by atoms with Gasteiger partial charge < -0.3 is 9.64 Å². The smallest absolute Gasteiger partial charge is 0.338 e. The van der Waals surface area contributed by atoms with Gasteiger partial charge in [0, 0.05) is 6.54 Å². The Balaban J connectivity index is 1.90. The van der Waals surface area contributed by atoms with Gasteiger partial charge in [0.1, 0.15) is 0 Å². The number of ether oxygens (including phenoxy) is 1. The van der Waals surface area contributed by atoms with Crippen LogP contribution < -0.4 is 4.72 Å². The van der Waals surface area contributed by atoms with Gasteiger partial charge in [-0.05, 0) is 69.4 Å². The summed E-state index contributed by atoms with van der Waals surface area (Å²) in [6.07, 6.45) is 3.19. The molecule has 0 radical (unpaired) electrons. The molecule has 0 atom stereocenters. The second-order valence-corrected chi connectivity index (χ2v) is 8.51. The van der Waals surface area contributed by atoms with Crippen molar-refractivity contribution in [1.82, 2.24) is 9.62 Å². The van der Waals surface area contributed by atoms with Crippen LogP contribution in [0.2, 0.25) is 0 Å². The molecule has 1 aliphatic rings. The number of esters is 1. The van der Waals surface area contributed by atoms with Gasteiger partial charge in [-0.2, -0.15) is 0 Å². The summed E-state index contributed by atoms with van der Waals surface area (Å²) < 4.78 is 32.2. The summed E-state index contributed by atoms with van der Waals surface area (Å²) in [5.41, 5.74) is 0.956. The molecule has 6 nitrogen and oxygen atoms in total. The van der Waals surface area contributed by atoms with E-state index in [9.17, 15) is 13.2 Å². The van der Waals surface area contributed by atoms with Crippen LogP contribution in [0.5, 0.6) is 0 Å². The van der Waals surface area contributed by atoms with Crippen LogP contribution in [0.15, 0.2) is 23.1 Å². The average molecular weight is 368 g/mol. The molecule has 1 fully saturated rings. The van der Waals surface area contributed by atoms with E-state index in [1.54, 1.807) is 13.0 Å². The number of benzene rings is 1. The van der Waals surface area contributed by atoms with Gasteiger partial charge in [0.25, 0.3) is 0 Å². The number of nitrogens with zero attached hydrogens (tertiary/aromatic N) is 1. The quantitative estimate of drug-likeness (QED) is 0.590. The highest BCUT2D eigenvalue weighted by molar-refractivity contribution is 7.89. The third-order valence-electron chi connectivity index (χ3n) is 4.74. The SMILES string of the molecule is COC(=O)c1cc(S(=O)(=O)NCCCN2CCC(C)CC2)ccc1C. The summed E-state index contributed by atoms with van der Waals surface area (Å²) in [6.45, 7) is 7.49. The van der Waals surface area contributed by atoms with Crippen molar-refractivity contribution < 1.29 is 17.9 Å². The second-order valence-electron chi connectivity index (χ2n) is 6.74. The lowest BCUT2D eigenvalue weighted by molar-refractivity contribution is 0.0599. The molecule has 140 valence electrons. The van der Waals surface area contributed by atoms with Gasteiger partial charge >= 0.3 is 5.97 Å². The maximum Gasteiger partial charge on any atom is 0.338 e. The lowest BCUT2D eigenvalue weighted by Gasteiger charge is -2.30. The normalized spacial score (nSPS) is 16.8. The van der Waals surface area contributed by atoms with Gasteiger partial charge in [0.2, 0.25) is 10.0 Å². The number of carbonyl (C=O) groups excluding carboxylic acids is 1. The number of methoxy groups -OCH3 is 1. The van der Waals surface area contributed by atoms with E-state index in [2.05, 4.69) is 16.5 Å². The molecule has 1 saturated heterocycles. The lowest BCUT2D eigenvalue weighted by atomic mass is 9.99. The molecular formula is C18H28N2O4S. The first-order valence-corrected chi connectivity index (χ1v) is 10.2. The molecular weight excluding hydrogens is 340 g/mol. The first-order valence-electron chi connectivity index (χ1n) is 8.74. The molecule has 1 aromatic carbocycles. The highest BCUT2D eigenvalue weighted by Crippen LogP contribution is 2.17. The molecule has 1 heterocycles. The molecule has 25 heavy (non-hydrogen) atoms. The zero-order valence-electron chi connectivity index (χ0n) is 15.2. The third-order valence-corrected chi connectivity index (χ3v) is 6.20. The zero-order valence-corrected chi connectivity index (χ0v) is 16.1. The molecule has 0 bridgehead atoms. The Bertz CT molecular complexity index is 695. The maximum atomic E-state index is 12.4. The van der Waals surface area contributed by atoms with Crippen molar-refractivity contribution in [2.24, 2.45) is 5.92 Å². The van der Waals surface area contributed by atoms with E-state index in [-0.39, 0.29) is 10.5 Å². The van der Waals surface area contributed by atoms with Gasteiger partial charge in [0.15, 0.2) is 0 Å². The van der Waals surface area contributed by atoms with Gasteiger partial charge in [0.05, 0.1) is 17.6 Å². The Morgan fingerprint density at radius 3 is 2.64 bits per heavy atom. The standard InChI is InChI=1S/C18H28N2O4S/c1-14-7-11-20(12-8-14)10-4-9-19-25(22,23)16-6-5-15(2)17(13-16)18(21)24-3/h5-6,13-14,19H,4,7-12H2,1-3H3. The van der Waals surface area contributed by atoms with Crippen molar-refractivity contribution in [2.45, 2.75) is 38.0 Å². The fourth-order valence-corrected chi connectivity index (χ4v) is 4.08. The zero-order chi connectivity index (χ0) is 18.4. The molecule has 2 rings (SSSR count). The fraction of sp³-hybridized carbons (Fsp3) is 0.611. The van der Waals surface area contributed by atoms with Crippen LogP contribution in [-0.2, 0) is 14.8 Å². The second kappa shape index (κ2) is 8.78. The Morgan fingerprint density at radius 1 is 1.32 bits per heavy atom. The summed E-state index contributed by atoms with van der Waals surface area (Å²) >= 11 is 0. The van der Waals surface area contributed by atoms with E-state index in [0.717, 1.165) is 32.0 Å². The van der Waals surface area contributed by atoms with E-state index in [4.69, 9.17) is 4.74 Å². The molecule has 0 saturated carbocycles. The van der Waals surface area contributed by atoms with Crippen LogP contribution >= 0.6 is 0 Å². The number of hydrogen-bond acceptors (Lipinski definition) is 5. The number of carbonyl (C=O) groups is 1. The molecule has 7 heteroatoms. The summed E-state index contributed by atoms with van der Waals surface area (Å²) in [5, 5.41) is 0. The van der Waals surface area contributed by atoms with E-state index >= 15 is 0 Å². The molecule has 1 aliphatic heterocycles. The van der Waals surface area contributed by atoms with Gasteiger partial charge in [-0.25, -0.2) is 17.9 Å². The summed E-state index contributed by atoms with van der Waals surface area (Å²) in [4.78, 5) is 14.2. The summed E-state index contributed by atoms with van der Waals surface area (Å²) in [6, 6.07) is 4.50. The van der Waals surface area contributed by atoms with E-state index in [0.29, 0.717) is 12.1 Å². The predicted octanol–water partition coefficient (Wildman–Crippen LogP) is 2.18. The Labute approximate surface area is 150 Å². The molecule has 0 spiro atoms. The Kier molecular flexibility index (Phi) is 6.98. The molecule has 1 N–H and O–H groups in total. The van der Waals surface area contributed by atoms with Crippen LogP contribution in [0.25, 0.3) is 0 Å². The van der Waals surface area contributed by atoms with E-state index in [1.165, 1.54) is 32.1 Å². The van der Waals surface area contributed by atoms with Crippen molar-refractivity contribution in [2.75, 3.05) is 33.3 Å². The minimum absolute atomic E-state index is 0.0882. The largest absolute Gasteiger partial charge is 0.465 e. The maximum absolute atomic E-state index is 12.4. The molecule has 1 aromatic rings. The number of rotatable bonds is 7. The molecule has 0 aliphatic carbocycles. The van der Waals surface area contributed by atoms with Crippen LogP contribution in [0.3, 0.4) is 0 Å². The summed E-state index contributed by atoms with van der Waals surface area (Å²) in [7, 11) is -2.35. The van der Waals surface area contributed by atoms with Crippen LogP contribution in [0.4, 0.5) is 0 Å². The van der Waals surface area contributed by atoms with Crippen LogP contribution in [0.1, 0.15) is 42.1 Å². The summed E-state index contributed by atoms with van der Waals surface area (Å²) in [5.74, 6) is 0.258. The predicted molar refractivity (Wildman–Crippen MR) is 97.2 cm³/mol. The van der Waals surface area contributed by atoms with E-state index in [1.807, 2.05) is 0 Å². The van der Waals surface area contributed by atoms with Crippen LogP contribution in [0, 0.1) is 12.8 Å². The molecule has 0 amide bonds. The number of likely N-dealkylation sites (tertiary alicyclic amines) is 1. The first kappa shape index (κ1) is 19.9. The average Bonchev–Trinajstić information content (AvgIpc) is 2.60. The van der Waals surface area contributed by atoms with Gasteiger partial charge in [-0.3, -0.25) is 0 Å². The highest BCUT2D eigenvalue weighted by Gasteiger charge is 2.19. The van der Waals surface area contributed by atoms with E-state index < -0.39 is 16.0 Å². The Morgan fingerprint density at radius 2 is 2.00 bits per heavy atom. The first-order chi connectivity index (χ1) is 11.8. The van der Waals surface area contributed by atoms with Crippen molar-refractivity contribution in [3.05, 3.63) is 29.3 Å². The minimum atomic E-state index is -3.63. The topological polar surface area (TPSA) is 75.7 Å². The monoisotopic (exact) mass is 368 g/mol. The number of nitrogens with one attached hydrogen (secondary N) is 1. The van der Waals surface area contributed by atoms with Crippen molar-refractivity contribution >= 4 is 16.0 Å². The molecule has 0 aromatic heterocycles. The number of hydrogen-bond donors (Lipinski definition) is 1. The third kappa shape index (κ3) is 5.52. The highest BCUT2D eigenvalue weighted by atomic mass is 32.2.